The largest absolute Gasteiger partial charge is 0.480 e. The molecular weight excluding hydrogens is 296 g/mol. The number of rotatable bonds is 4. The van der Waals surface area contributed by atoms with Crippen LogP contribution in [-0.2, 0) is 4.79 Å². The van der Waals surface area contributed by atoms with Crippen molar-refractivity contribution >= 4 is 34.7 Å². The lowest BCUT2D eigenvalue weighted by molar-refractivity contribution is -0.136. The Balaban J connectivity index is 2.14. The molecule has 0 bridgehead atoms. The number of ether oxygens (including phenoxy) is 1. The quantitative estimate of drug-likeness (QED) is 0.867. The van der Waals surface area contributed by atoms with Gasteiger partial charge in [-0.1, -0.05) is 23.8 Å². The van der Waals surface area contributed by atoms with E-state index in [1.165, 1.54) is 0 Å². The van der Waals surface area contributed by atoms with Crippen molar-refractivity contribution in [2.45, 2.75) is 25.9 Å². The van der Waals surface area contributed by atoms with E-state index in [1.54, 1.807) is 25.1 Å². The van der Waals surface area contributed by atoms with Crippen LogP contribution in [-0.4, -0.2) is 35.0 Å². The summed E-state index contributed by atoms with van der Waals surface area (Å²) in [6, 6.07) is 5.02. The van der Waals surface area contributed by atoms with Gasteiger partial charge in [-0.05, 0) is 38.0 Å². The van der Waals surface area contributed by atoms with Crippen LogP contribution in [0.15, 0.2) is 18.2 Å². The van der Waals surface area contributed by atoms with Crippen molar-refractivity contribution in [3.63, 3.8) is 0 Å². The molecule has 0 aromatic heterocycles. The second-order valence-electron chi connectivity index (χ2n) is 4.80. The zero-order valence-corrected chi connectivity index (χ0v) is 12.8. The molecule has 108 valence electrons. The van der Waals surface area contributed by atoms with E-state index in [9.17, 15) is 4.79 Å². The van der Waals surface area contributed by atoms with Gasteiger partial charge in [0, 0.05) is 18.1 Å². The number of hydrogen-bond donors (Lipinski definition) is 1. The van der Waals surface area contributed by atoms with Gasteiger partial charge in [0.25, 0.3) is 5.91 Å². The van der Waals surface area contributed by atoms with Crippen molar-refractivity contribution in [2.75, 3.05) is 13.1 Å². The van der Waals surface area contributed by atoms with Gasteiger partial charge in [0.15, 0.2) is 6.10 Å². The van der Waals surface area contributed by atoms with Crippen LogP contribution in [0.25, 0.3) is 0 Å². The highest BCUT2D eigenvalue weighted by atomic mass is 35.5. The van der Waals surface area contributed by atoms with Gasteiger partial charge in [-0.25, -0.2) is 0 Å². The lowest BCUT2D eigenvalue weighted by Gasteiger charge is -2.22. The van der Waals surface area contributed by atoms with Crippen LogP contribution >= 0.6 is 23.8 Å². The fourth-order valence-electron chi connectivity index (χ4n) is 2.23. The molecule has 0 spiro atoms. The molecule has 1 atom stereocenters. The molecular formula is C14H17ClN2O2S. The monoisotopic (exact) mass is 312 g/mol. The number of carbonyl (C=O) groups is 1. The fourth-order valence-corrected chi connectivity index (χ4v) is 2.56. The van der Waals surface area contributed by atoms with Crippen LogP contribution in [0.4, 0.5) is 0 Å². The number of carbonyl (C=O) groups excluding carboxylic acids is 1. The van der Waals surface area contributed by atoms with Crippen molar-refractivity contribution < 1.29 is 9.53 Å². The zero-order valence-electron chi connectivity index (χ0n) is 11.3. The Labute approximate surface area is 128 Å². The summed E-state index contributed by atoms with van der Waals surface area (Å²) in [5.41, 5.74) is 6.24. The Kier molecular flexibility index (Phi) is 4.83. The van der Waals surface area contributed by atoms with Crippen molar-refractivity contribution in [3.05, 3.63) is 28.8 Å². The van der Waals surface area contributed by atoms with Gasteiger partial charge in [0.1, 0.15) is 10.7 Å². The molecule has 1 aliphatic heterocycles. The van der Waals surface area contributed by atoms with Crippen LogP contribution in [0, 0.1) is 0 Å². The van der Waals surface area contributed by atoms with Crippen LogP contribution in [0.5, 0.6) is 5.75 Å². The maximum atomic E-state index is 12.2. The molecule has 4 nitrogen and oxygen atoms in total. The number of nitrogens with two attached hydrogens (primary N) is 1. The van der Waals surface area contributed by atoms with E-state index in [1.807, 2.05) is 4.90 Å². The van der Waals surface area contributed by atoms with Gasteiger partial charge in [0.2, 0.25) is 0 Å². The SMILES string of the molecule is CC(Oc1cc(Cl)ccc1C(N)=S)C(=O)N1CCCC1. The van der Waals surface area contributed by atoms with Gasteiger partial charge in [-0.15, -0.1) is 0 Å². The second kappa shape index (κ2) is 6.41. The third-order valence-electron chi connectivity index (χ3n) is 3.28. The van der Waals surface area contributed by atoms with Gasteiger partial charge in [0.05, 0.1) is 5.56 Å². The number of amides is 1. The summed E-state index contributed by atoms with van der Waals surface area (Å²) < 4.78 is 5.72. The summed E-state index contributed by atoms with van der Waals surface area (Å²) in [5, 5.41) is 0.515. The van der Waals surface area contributed by atoms with E-state index in [0.717, 1.165) is 25.9 Å². The predicted octanol–water partition coefficient (Wildman–Crippen LogP) is 2.36. The molecule has 1 saturated heterocycles. The number of likely N-dealkylation sites (tertiary alicyclic amines) is 1. The fraction of sp³-hybridized carbons (Fsp3) is 0.429. The molecule has 1 aromatic rings. The highest BCUT2D eigenvalue weighted by Gasteiger charge is 2.25. The Morgan fingerprint density at radius 2 is 2.10 bits per heavy atom. The standard InChI is InChI=1S/C14H17ClN2O2S/c1-9(14(18)17-6-2-3-7-17)19-12-8-10(15)4-5-11(12)13(16)20/h4-5,8-9H,2-3,6-7H2,1H3,(H2,16,20). The molecule has 1 amide bonds. The Morgan fingerprint density at radius 1 is 1.45 bits per heavy atom. The van der Waals surface area contributed by atoms with E-state index in [4.69, 9.17) is 34.3 Å². The van der Waals surface area contributed by atoms with Crippen molar-refractivity contribution in [1.29, 1.82) is 0 Å². The minimum absolute atomic E-state index is 0.0173. The second-order valence-corrected chi connectivity index (χ2v) is 5.67. The maximum absolute atomic E-state index is 12.2. The number of halogens is 1. The highest BCUT2D eigenvalue weighted by Crippen LogP contribution is 2.25. The lowest BCUT2D eigenvalue weighted by atomic mass is 10.2. The van der Waals surface area contributed by atoms with Crippen molar-refractivity contribution in [1.82, 2.24) is 4.90 Å². The van der Waals surface area contributed by atoms with E-state index < -0.39 is 6.10 Å². The molecule has 1 heterocycles. The third kappa shape index (κ3) is 3.41. The van der Waals surface area contributed by atoms with E-state index in [-0.39, 0.29) is 10.9 Å². The Morgan fingerprint density at radius 3 is 2.70 bits per heavy atom. The minimum Gasteiger partial charge on any atom is -0.480 e. The summed E-state index contributed by atoms with van der Waals surface area (Å²) in [6.45, 7) is 3.32. The molecule has 0 radical (unpaired) electrons. The first-order valence-electron chi connectivity index (χ1n) is 6.54. The number of benzene rings is 1. The third-order valence-corrected chi connectivity index (χ3v) is 3.73. The van der Waals surface area contributed by atoms with Crippen molar-refractivity contribution in [3.8, 4) is 5.75 Å². The molecule has 1 fully saturated rings. The summed E-state index contributed by atoms with van der Waals surface area (Å²) in [5.74, 6) is 0.432. The zero-order chi connectivity index (χ0) is 14.7. The van der Waals surface area contributed by atoms with Crippen LogP contribution in [0.3, 0.4) is 0 Å². The number of hydrogen-bond acceptors (Lipinski definition) is 3. The van der Waals surface area contributed by atoms with Gasteiger partial charge in [-0.2, -0.15) is 0 Å². The highest BCUT2D eigenvalue weighted by molar-refractivity contribution is 7.80. The molecule has 20 heavy (non-hydrogen) atoms. The molecule has 6 heteroatoms. The van der Waals surface area contributed by atoms with Gasteiger partial charge < -0.3 is 15.4 Å². The van der Waals surface area contributed by atoms with E-state index in [2.05, 4.69) is 0 Å². The predicted molar refractivity (Wildman–Crippen MR) is 83.2 cm³/mol. The van der Waals surface area contributed by atoms with E-state index in [0.29, 0.717) is 16.3 Å². The van der Waals surface area contributed by atoms with Crippen molar-refractivity contribution in [2.24, 2.45) is 5.73 Å². The first-order valence-corrected chi connectivity index (χ1v) is 7.32. The summed E-state index contributed by atoms with van der Waals surface area (Å²) in [6.07, 6.45) is 1.52. The Hall–Kier alpha value is -1.33. The van der Waals surface area contributed by atoms with Gasteiger partial charge in [-0.3, -0.25) is 4.79 Å². The number of thiocarbonyl (C=S) groups is 1. The Bertz CT molecular complexity index is 530. The van der Waals surface area contributed by atoms with Crippen LogP contribution < -0.4 is 10.5 Å². The molecule has 2 N–H and O–H groups in total. The molecule has 1 aromatic carbocycles. The van der Waals surface area contributed by atoms with Crippen LogP contribution in [0.2, 0.25) is 5.02 Å². The molecule has 0 aliphatic carbocycles. The summed E-state index contributed by atoms with van der Waals surface area (Å²) in [7, 11) is 0. The average Bonchev–Trinajstić information content (AvgIpc) is 2.91. The first kappa shape index (κ1) is 15.1. The molecule has 0 saturated carbocycles. The summed E-state index contributed by atoms with van der Waals surface area (Å²) >= 11 is 10.9. The normalized spacial score (nSPS) is 16.0. The first-order chi connectivity index (χ1) is 9.49. The average molecular weight is 313 g/mol. The number of nitrogens with zero attached hydrogens (tertiary/aromatic N) is 1. The smallest absolute Gasteiger partial charge is 0.263 e. The molecule has 1 aliphatic rings. The molecule has 2 rings (SSSR count). The summed E-state index contributed by atoms with van der Waals surface area (Å²) in [4.78, 5) is 14.3. The minimum atomic E-state index is -0.584. The maximum Gasteiger partial charge on any atom is 0.263 e. The van der Waals surface area contributed by atoms with Gasteiger partial charge >= 0.3 is 0 Å². The topological polar surface area (TPSA) is 55.6 Å². The molecule has 1 unspecified atom stereocenters. The lowest BCUT2D eigenvalue weighted by Crippen LogP contribution is -2.38. The van der Waals surface area contributed by atoms with Crippen LogP contribution in [0.1, 0.15) is 25.3 Å². The van der Waals surface area contributed by atoms with E-state index >= 15 is 0 Å².